The van der Waals surface area contributed by atoms with Crippen LogP contribution in [-0.2, 0) is 13.0 Å². The number of piperidine rings is 1. The second kappa shape index (κ2) is 10.8. The topological polar surface area (TPSA) is 83.0 Å². The van der Waals surface area contributed by atoms with Crippen molar-refractivity contribution in [3.8, 4) is 0 Å². The number of amides is 2. The van der Waals surface area contributed by atoms with E-state index in [1.165, 1.54) is 16.7 Å². The maximum absolute atomic E-state index is 14.6. The van der Waals surface area contributed by atoms with Crippen molar-refractivity contribution in [2.75, 3.05) is 13.1 Å². The van der Waals surface area contributed by atoms with Crippen LogP contribution in [0.4, 0.5) is 26.7 Å². The lowest BCUT2D eigenvalue weighted by Crippen LogP contribution is -2.45. The molecular formula is C27H28F5N5O2. The van der Waals surface area contributed by atoms with Crippen LogP contribution in [-0.4, -0.2) is 44.7 Å². The van der Waals surface area contributed by atoms with E-state index in [0.717, 1.165) is 12.3 Å². The molecule has 2 aliphatic rings. The van der Waals surface area contributed by atoms with Crippen molar-refractivity contribution in [3.63, 3.8) is 0 Å². The van der Waals surface area contributed by atoms with Crippen LogP contribution < -0.4 is 10.9 Å². The van der Waals surface area contributed by atoms with Gasteiger partial charge >= 0.3 is 12.2 Å². The number of fused-ring (bicyclic) bond motifs is 1. The number of carbonyl (C=O) groups is 1. The number of pyridine rings is 1. The molecule has 5 rings (SSSR count). The summed E-state index contributed by atoms with van der Waals surface area (Å²) in [4.78, 5) is 33.9. The molecule has 1 fully saturated rings. The SMILES string of the molecule is O=C(N[C@@H]1CC[C@@H](c2cccc(F)c2F)Cn2c(CC(F)(F)F)cnc21)N1CCC(c2ccc[nH]c2=O)CC1. The van der Waals surface area contributed by atoms with E-state index in [2.05, 4.69) is 15.3 Å². The Morgan fingerprint density at radius 2 is 1.77 bits per heavy atom. The summed E-state index contributed by atoms with van der Waals surface area (Å²) in [5.74, 6) is -2.38. The average molecular weight is 550 g/mol. The van der Waals surface area contributed by atoms with Crippen LogP contribution in [0.2, 0.25) is 0 Å². The van der Waals surface area contributed by atoms with Gasteiger partial charge in [0, 0.05) is 49.2 Å². The van der Waals surface area contributed by atoms with Crippen LogP contribution in [0.5, 0.6) is 0 Å². The molecular weight excluding hydrogens is 521 g/mol. The summed E-state index contributed by atoms with van der Waals surface area (Å²) in [5.41, 5.74) is 0.507. The largest absolute Gasteiger partial charge is 0.394 e. The molecule has 1 aromatic carbocycles. The highest BCUT2D eigenvalue weighted by Gasteiger charge is 2.35. The minimum atomic E-state index is -4.49. The summed E-state index contributed by atoms with van der Waals surface area (Å²) in [7, 11) is 0. The number of nitrogens with zero attached hydrogens (tertiary/aromatic N) is 3. The molecule has 0 spiro atoms. The highest BCUT2D eigenvalue weighted by Crippen LogP contribution is 2.36. The highest BCUT2D eigenvalue weighted by molar-refractivity contribution is 5.74. The predicted molar refractivity (Wildman–Crippen MR) is 132 cm³/mol. The van der Waals surface area contributed by atoms with E-state index in [1.54, 1.807) is 23.2 Å². The van der Waals surface area contributed by atoms with Gasteiger partial charge in [0.1, 0.15) is 5.82 Å². The van der Waals surface area contributed by atoms with Crippen LogP contribution >= 0.6 is 0 Å². The molecule has 2 amide bonds. The van der Waals surface area contributed by atoms with Gasteiger partial charge in [-0.25, -0.2) is 18.6 Å². The van der Waals surface area contributed by atoms with Crippen molar-refractivity contribution in [2.24, 2.45) is 0 Å². The smallest absolute Gasteiger partial charge is 0.329 e. The predicted octanol–water partition coefficient (Wildman–Crippen LogP) is 5.16. The molecule has 0 bridgehead atoms. The van der Waals surface area contributed by atoms with Crippen LogP contribution in [0.1, 0.15) is 66.2 Å². The summed E-state index contributed by atoms with van der Waals surface area (Å²) < 4.78 is 69.9. The lowest BCUT2D eigenvalue weighted by molar-refractivity contribution is -0.128. The zero-order valence-electron chi connectivity index (χ0n) is 21.0. The number of urea groups is 1. The molecule has 0 radical (unpaired) electrons. The molecule has 2 atom stereocenters. The maximum atomic E-state index is 14.6. The molecule has 4 heterocycles. The summed E-state index contributed by atoms with van der Waals surface area (Å²) in [6.45, 7) is 0.787. The quantitative estimate of drug-likeness (QED) is 0.441. The third kappa shape index (κ3) is 5.84. The Bertz CT molecular complexity index is 1390. The number of benzene rings is 1. The number of halogens is 5. The van der Waals surface area contributed by atoms with Crippen molar-refractivity contribution in [3.05, 3.63) is 87.4 Å². The third-order valence-corrected chi connectivity index (χ3v) is 7.66. The fraction of sp³-hybridized carbons (Fsp3) is 0.444. The van der Waals surface area contributed by atoms with Crippen LogP contribution in [0, 0.1) is 11.6 Å². The summed E-state index contributed by atoms with van der Waals surface area (Å²) in [6.07, 6.45) is -1.25. The average Bonchev–Trinajstić information content (AvgIpc) is 3.18. The second-order valence-corrected chi connectivity index (χ2v) is 10.1. The highest BCUT2D eigenvalue weighted by atomic mass is 19.4. The van der Waals surface area contributed by atoms with Gasteiger partial charge in [0.2, 0.25) is 0 Å². The minimum absolute atomic E-state index is 0.0163. The molecule has 0 aliphatic carbocycles. The number of nitrogens with one attached hydrogen (secondary N) is 2. The van der Waals surface area contributed by atoms with E-state index in [-0.39, 0.29) is 47.6 Å². The Morgan fingerprint density at radius 3 is 2.49 bits per heavy atom. The Kier molecular flexibility index (Phi) is 7.46. The number of aromatic amines is 1. The number of H-pyrrole nitrogens is 1. The van der Waals surface area contributed by atoms with Gasteiger partial charge in [-0.05, 0) is 49.3 Å². The number of likely N-dealkylation sites (tertiary alicyclic amines) is 1. The summed E-state index contributed by atoms with van der Waals surface area (Å²) >= 11 is 0. The molecule has 12 heteroatoms. The number of imidazole rings is 1. The molecule has 2 aliphatic heterocycles. The standard InChI is InChI=1S/C27H28F5N5O2/c28-21-5-1-3-19(23(21)29)17-6-7-22(24-34-14-18(37(24)15-17)13-27(30,31)32)35-26(39)36-11-8-16(9-12-36)20-4-2-10-33-25(20)38/h1-5,10,14,16-17,22H,6-9,11-13,15H2,(H,33,38)(H,35,39)/t17-,22-/m1/s1. The van der Waals surface area contributed by atoms with Crippen LogP contribution in [0.15, 0.2) is 47.5 Å². The first-order chi connectivity index (χ1) is 18.6. The van der Waals surface area contributed by atoms with Crippen LogP contribution in [0.3, 0.4) is 0 Å². The van der Waals surface area contributed by atoms with Gasteiger partial charge in [0.25, 0.3) is 5.56 Å². The first-order valence-corrected chi connectivity index (χ1v) is 12.9. The van der Waals surface area contributed by atoms with Gasteiger partial charge in [-0.2, -0.15) is 13.2 Å². The van der Waals surface area contributed by atoms with Gasteiger partial charge in [-0.1, -0.05) is 18.2 Å². The van der Waals surface area contributed by atoms with E-state index >= 15 is 0 Å². The van der Waals surface area contributed by atoms with E-state index in [9.17, 15) is 31.5 Å². The molecule has 1 saturated heterocycles. The normalized spacial score (nSPS) is 20.4. The summed E-state index contributed by atoms with van der Waals surface area (Å²) in [5, 5.41) is 2.91. The van der Waals surface area contributed by atoms with Crippen LogP contribution in [0.25, 0.3) is 0 Å². The zero-order valence-corrected chi connectivity index (χ0v) is 21.0. The Labute approximate surface area is 221 Å². The molecule has 39 heavy (non-hydrogen) atoms. The number of aromatic nitrogens is 3. The zero-order chi connectivity index (χ0) is 27.7. The van der Waals surface area contributed by atoms with Gasteiger partial charge in [-0.3, -0.25) is 4.79 Å². The molecule has 0 unspecified atom stereocenters. The molecule has 7 nitrogen and oxygen atoms in total. The van der Waals surface area contributed by atoms with E-state index in [4.69, 9.17) is 0 Å². The first-order valence-electron chi connectivity index (χ1n) is 12.9. The van der Waals surface area contributed by atoms with E-state index in [0.29, 0.717) is 37.9 Å². The number of rotatable bonds is 4. The second-order valence-electron chi connectivity index (χ2n) is 10.1. The monoisotopic (exact) mass is 549 g/mol. The van der Waals surface area contributed by atoms with Crippen molar-refractivity contribution in [2.45, 2.75) is 62.7 Å². The van der Waals surface area contributed by atoms with Gasteiger partial charge in [0.05, 0.1) is 12.5 Å². The van der Waals surface area contributed by atoms with E-state index in [1.807, 2.05) is 0 Å². The number of alkyl halides is 3. The molecule has 3 aromatic rings. The summed E-state index contributed by atoms with van der Waals surface area (Å²) in [6, 6.07) is 6.24. The number of hydrogen-bond acceptors (Lipinski definition) is 3. The molecule has 208 valence electrons. The first kappa shape index (κ1) is 26.9. The van der Waals surface area contributed by atoms with Crippen molar-refractivity contribution in [1.82, 2.24) is 24.8 Å². The van der Waals surface area contributed by atoms with Crippen molar-refractivity contribution < 1.29 is 26.7 Å². The molecule has 2 N–H and O–H groups in total. The van der Waals surface area contributed by atoms with Crippen molar-refractivity contribution >= 4 is 6.03 Å². The Morgan fingerprint density at radius 1 is 1.03 bits per heavy atom. The Hall–Kier alpha value is -3.70. The van der Waals surface area contributed by atoms with Gasteiger partial charge in [-0.15, -0.1) is 0 Å². The Balaban J connectivity index is 1.34. The maximum Gasteiger partial charge on any atom is 0.394 e. The number of carbonyl (C=O) groups excluding carboxylic acids is 1. The van der Waals surface area contributed by atoms with Gasteiger partial charge in [0.15, 0.2) is 11.6 Å². The van der Waals surface area contributed by atoms with Gasteiger partial charge < -0.3 is 19.8 Å². The third-order valence-electron chi connectivity index (χ3n) is 7.66. The lowest BCUT2D eigenvalue weighted by atomic mass is 9.90. The fourth-order valence-electron chi connectivity index (χ4n) is 5.69. The minimum Gasteiger partial charge on any atom is -0.329 e. The number of hydrogen-bond donors (Lipinski definition) is 2. The lowest BCUT2D eigenvalue weighted by Gasteiger charge is -2.33. The van der Waals surface area contributed by atoms with E-state index < -0.39 is 36.2 Å². The molecule has 2 aromatic heterocycles. The molecule has 0 saturated carbocycles. The van der Waals surface area contributed by atoms with Crippen molar-refractivity contribution in [1.29, 1.82) is 0 Å². The fourth-order valence-corrected chi connectivity index (χ4v) is 5.69.